The summed E-state index contributed by atoms with van der Waals surface area (Å²) in [5.41, 5.74) is 0.824. The Kier molecular flexibility index (Phi) is 3.96. The van der Waals surface area contributed by atoms with E-state index in [2.05, 4.69) is 31.5 Å². The summed E-state index contributed by atoms with van der Waals surface area (Å²) in [4.78, 5) is 27.2. The molecular formula is C12H14BrN3O2. The number of halogens is 1. The molecule has 1 aliphatic rings. The molecule has 0 spiro atoms. The van der Waals surface area contributed by atoms with E-state index in [1.54, 1.807) is 6.07 Å². The van der Waals surface area contributed by atoms with E-state index in [4.69, 9.17) is 0 Å². The molecule has 96 valence electrons. The smallest absolute Gasteiger partial charge is 0.230 e. The lowest BCUT2D eigenvalue weighted by Crippen LogP contribution is -2.40. The van der Waals surface area contributed by atoms with Crippen LogP contribution in [-0.4, -0.2) is 23.3 Å². The second kappa shape index (κ2) is 5.48. The van der Waals surface area contributed by atoms with E-state index in [1.165, 1.54) is 0 Å². The molecule has 1 atom stereocenters. The van der Waals surface area contributed by atoms with Crippen LogP contribution in [0.4, 0.5) is 5.82 Å². The molecule has 2 heterocycles. The Hall–Kier alpha value is -1.43. The average Bonchev–Trinajstić information content (AvgIpc) is 2.34. The summed E-state index contributed by atoms with van der Waals surface area (Å²) in [5, 5.41) is 5.46. The largest absolute Gasteiger partial charge is 0.355 e. The molecule has 18 heavy (non-hydrogen) atoms. The van der Waals surface area contributed by atoms with Gasteiger partial charge in [0.1, 0.15) is 5.82 Å². The molecule has 0 radical (unpaired) electrons. The standard InChI is InChI=1S/C12H14BrN3O2/c1-7-9(13)3-4-10(15-7)16-12(18)8-2-5-11(17)14-6-8/h3-4,8H,2,5-6H2,1H3,(H,14,17)(H,15,16,18). The monoisotopic (exact) mass is 311 g/mol. The first-order valence-corrected chi connectivity index (χ1v) is 6.56. The van der Waals surface area contributed by atoms with Crippen molar-refractivity contribution in [3.05, 3.63) is 22.3 Å². The highest BCUT2D eigenvalue weighted by Gasteiger charge is 2.24. The molecule has 1 aromatic heterocycles. The fraction of sp³-hybridized carbons (Fsp3) is 0.417. The number of anilines is 1. The maximum absolute atomic E-state index is 12.0. The van der Waals surface area contributed by atoms with E-state index in [-0.39, 0.29) is 17.7 Å². The van der Waals surface area contributed by atoms with Crippen LogP contribution in [0.2, 0.25) is 0 Å². The minimum Gasteiger partial charge on any atom is -0.355 e. The molecular weight excluding hydrogens is 298 g/mol. The van der Waals surface area contributed by atoms with Crippen molar-refractivity contribution in [3.8, 4) is 0 Å². The maximum Gasteiger partial charge on any atom is 0.230 e. The number of hydrogen-bond donors (Lipinski definition) is 2. The Labute approximate surface area is 113 Å². The number of pyridine rings is 1. The third-order valence-corrected chi connectivity index (χ3v) is 3.75. The first kappa shape index (κ1) is 13.0. The van der Waals surface area contributed by atoms with Crippen molar-refractivity contribution < 1.29 is 9.59 Å². The van der Waals surface area contributed by atoms with Gasteiger partial charge in [0, 0.05) is 17.4 Å². The summed E-state index contributed by atoms with van der Waals surface area (Å²) in [7, 11) is 0. The number of rotatable bonds is 2. The van der Waals surface area contributed by atoms with Crippen molar-refractivity contribution in [2.75, 3.05) is 11.9 Å². The molecule has 1 unspecified atom stereocenters. The highest BCUT2D eigenvalue weighted by Crippen LogP contribution is 2.18. The number of nitrogens with one attached hydrogen (secondary N) is 2. The van der Waals surface area contributed by atoms with E-state index in [0.717, 1.165) is 10.2 Å². The Balaban J connectivity index is 1.98. The lowest BCUT2D eigenvalue weighted by atomic mass is 9.98. The SMILES string of the molecule is Cc1nc(NC(=O)C2CCC(=O)NC2)ccc1Br. The summed E-state index contributed by atoms with van der Waals surface area (Å²) in [6.45, 7) is 2.26. The zero-order valence-electron chi connectivity index (χ0n) is 10.00. The number of nitrogens with zero attached hydrogens (tertiary/aromatic N) is 1. The quantitative estimate of drug-likeness (QED) is 0.872. The van der Waals surface area contributed by atoms with Crippen LogP contribution in [0.1, 0.15) is 18.5 Å². The average molecular weight is 312 g/mol. The van der Waals surface area contributed by atoms with Gasteiger partial charge in [-0.3, -0.25) is 9.59 Å². The summed E-state index contributed by atoms with van der Waals surface area (Å²) in [6.07, 6.45) is 0.998. The van der Waals surface area contributed by atoms with Crippen LogP contribution in [0.3, 0.4) is 0 Å². The molecule has 6 heteroatoms. The van der Waals surface area contributed by atoms with Crippen molar-refractivity contribution in [1.29, 1.82) is 0 Å². The molecule has 1 aliphatic heterocycles. The topological polar surface area (TPSA) is 71.1 Å². The third-order valence-electron chi connectivity index (χ3n) is 2.91. The van der Waals surface area contributed by atoms with Crippen molar-refractivity contribution in [2.24, 2.45) is 5.92 Å². The molecule has 0 aromatic carbocycles. The van der Waals surface area contributed by atoms with Crippen molar-refractivity contribution in [3.63, 3.8) is 0 Å². The molecule has 0 aliphatic carbocycles. The van der Waals surface area contributed by atoms with Gasteiger partial charge in [0.05, 0.1) is 11.6 Å². The second-order valence-electron chi connectivity index (χ2n) is 4.29. The normalized spacial score (nSPS) is 19.2. The van der Waals surface area contributed by atoms with Crippen LogP contribution in [0.25, 0.3) is 0 Å². The highest BCUT2D eigenvalue weighted by molar-refractivity contribution is 9.10. The summed E-state index contributed by atoms with van der Waals surface area (Å²) in [5.74, 6) is 0.284. The molecule has 1 saturated heterocycles. The van der Waals surface area contributed by atoms with Crippen molar-refractivity contribution in [2.45, 2.75) is 19.8 Å². The van der Waals surface area contributed by atoms with Gasteiger partial charge in [-0.25, -0.2) is 4.98 Å². The van der Waals surface area contributed by atoms with Gasteiger partial charge in [-0.1, -0.05) is 0 Å². The zero-order chi connectivity index (χ0) is 13.1. The van der Waals surface area contributed by atoms with Crippen LogP contribution >= 0.6 is 15.9 Å². The van der Waals surface area contributed by atoms with Gasteiger partial charge in [0.25, 0.3) is 0 Å². The van der Waals surface area contributed by atoms with Gasteiger partial charge in [0.15, 0.2) is 0 Å². The van der Waals surface area contributed by atoms with Crippen LogP contribution < -0.4 is 10.6 Å². The Morgan fingerprint density at radius 1 is 1.56 bits per heavy atom. The molecule has 1 aromatic rings. The Morgan fingerprint density at radius 2 is 2.33 bits per heavy atom. The van der Waals surface area contributed by atoms with Crippen LogP contribution in [0, 0.1) is 12.8 Å². The van der Waals surface area contributed by atoms with E-state index in [0.29, 0.717) is 25.2 Å². The molecule has 1 fully saturated rings. The molecule has 0 saturated carbocycles. The van der Waals surface area contributed by atoms with E-state index in [9.17, 15) is 9.59 Å². The second-order valence-corrected chi connectivity index (χ2v) is 5.15. The number of carbonyl (C=O) groups is 2. The first-order chi connectivity index (χ1) is 8.56. The van der Waals surface area contributed by atoms with Gasteiger partial charge < -0.3 is 10.6 Å². The number of carbonyl (C=O) groups excluding carboxylic acids is 2. The molecule has 0 bridgehead atoms. The van der Waals surface area contributed by atoms with Gasteiger partial charge >= 0.3 is 0 Å². The predicted molar refractivity (Wildman–Crippen MR) is 71.0 cm³/mol. The summed E-state index contributed by atoms with van der Waals surface area (Å²) < 4.78 is 0.908. The van der Waals surface area contributed by atoms with Crippen LogP contribution in [0.15, 0.2) is 16.6 Å². The fourth-order valence-corrected chi connectivity index (χ4v) is 2.02. The molecule has 2 amide bonds. The summed E-state index contributed by atoms with van der Waals surface area (Å²) >= 11 is 3.36. The number of aromatic nitrogens is 1. The molecule has 5 nitrogen and oxygen atoms in total. The van der Waals surface area contributed by atoms with E-state index in [1.807, 2.05) is 13.0 Å². The van der Waals surface area contributed by atoms with E-state index >= 15 is 0 Å². The Morgan fingerprint density at radius 3 is 2.94 bits per heavy atom. The number of amides is 2. The number of hydrogen-bond acceptors (Lipinski definition) is 3. The van der Waals surface area contributed by atoms with Gasteiger partial charge in [-0.2, -0.15) is 0 Å². The van der Waals surface area contributed by atoms with Gasteiger partial charge in [0.2, 0.25) is 11.8 Å². The zero-order valence-corrected chi connectivity index (χ0v) is 11.6. The first-order valence-electron chi connectivity index (χ1n) is 5.77. The number of piperidine rings is 1. The Bertz CT molecular complexity index is 480. The van der Waals surface area contributed by atoms with Crippen LogP contribution in [-0.2, 0) is 9.59 Å². The minimum atomic E-state index is -0.173. The van der Waals surface area contributed by atoms with Crippen molar-refractivity contribution in [1.82, 2.24) is 10.3 Å². The number of aryl methyl sites for hydroxylation is 1. The minimum absolute atomic E-state index is 0.0108. The lowest BCUT2D eigenvalue weighted by molar-refractivity contribution is -0.126. The molecule has 2 rings (SSSR count). The molecule has 2 N–H and O–H groups in total. The maximum atomic E-state index is 12.0. The van der Waals surface area contributed by atoms with Gasteiger partial charge in [-0.05, 0) is 41.4 Å². The fourth-order valence-electron chi connectivity index (χ4n) is 1.80. The van der Waals surface area contributed by atoms with Gasteiger partial charge in [-0.15, -0.1) is 0 Å². The van der Waals surface area contributed by atoms with E-state index < -0.39 is 0 Å². The lowest BCUT2D eigenvalue weighted by Gasteiger charge is -2.21. The van der Waals surface area contributed by atoms with Crippen LogP contribution in [0.5, 0.6) is 0 Å². The van der Waals surface area contributed by atoms with Crippen molar-refractivity contribution >= 4 is 33.6 Å². The predicted octanol–water partition coefficient (Wildman–Crippen LogP) is 1.62. The third kappa shape index (κ3) is 3.07. The summed E-state index contributed by atoms with van der Waals surface area (Å²) in [6, 6.07) is 3.59. The highest BCUT2D eigenvalue weighted by atomic mass is 79.9.